The van der Waals surface area contributed by atoms with E-state index in [1.54, 1.807) is 26.6 Å². The van der Waals surface area contributed by atoms with Gasteiger partial charge in [-0.25, -0.2) is 9.97 Å². The van der Waals surface area contributed by atoms with Gasteiger partial charge in [0.05, 0.1) is 25.0 Å². The van der Waals surface area contributed by atoms with Crippen molar-refractivity contribution in [2.75, 3.05) is 39.6 Å². The van der Waals surface area contributed by atoms with Crippen LogP contribution in [0.1, 0.15) is 17.7 Å². The van der Waals surface area contributed by atoms with E-state index in [0.29, 0.717) is 38.5 Å². The van der Waals surface area contributed by atoms with Gasteiger partial charge in [-0.05, 0) is 49.1 Å². The van der Waals surface area contributed by atoms with Crippen LogP contribution in [0.15, 0.2) is 41.8 Å². The lowest BCUT2D eigenvalue weighted by atomic mass is 9.98. The highest BCUT2D eigenvalue weighted by molar-refractivity contribution is 7.99. The molecular weight excluding hydrogens is 539 g/mol. The largest absolute Gasteiger partial charge is 0.493 e. The van der Waals surface area contributed by atoms with Gasteiger partial charge < -0.3 is 14.8 Å². The summed E-state index contributed by atoms with van der Waals surface area (Å²) < 4.78 is 11.3. The number of methoxy groups -OCH3 is 2. The van der Waals surface area contributed by atoms with Gasteiger partial charge in [-0.1, -0.05) is 41.0 Å². The SMILES string of the molecule is COc1ccc(-c2cnc(SCC(=O)NCC3CCCN(Cc4cc(Cl)c(Cl)s4)C3)nc2)cc1OC. The number of piperidine rings is 1. The van der Waals surface area contributed by atoms with Gasteiger partial charge >= 0.3 is 0 Å². The Hall–Kier alpha value is -2.04. The molecule has 0 saturated carbocycles. The van der Waals surface area contributed by atoms with Crippen molar-refractivity contribution < 1.29 is 14.3 Å². The Kier molecular flexibility index (Phi) is 9.73. The van der Waals surface area contributed by atoms with E-state index in [9.17, 15) is 4.79 Å². The van der Waals surface area contributed by atoms with Crippen molar-refractivity contribution in [1.29, 1.82) is 0 Å². The first-order valence-corrected chi connectivity index (χ1v) is 14.1. The lowest BCUT2D eigenvalue weighted by Crippen LogP contribution is -2.40. The summed E-state index contributed by atoms with van der Waals surface area (Å²) in [6.45, 7) is 3.50. The van der Waals surface area contributed by atoms with E-state index in [0.717, 1.165) is 43.6 Å². The van der Waals surface area contributed by atoms with Crippen molar-refractivity contribution in [2.45, 2.75) is 24.5 Å². The van der Waals surface area contributed by atoms with E-state index in [4.69, 9.17) is 32.7 Å². The van der Waals surface area contributed by atoms with Crippen molar-refractivity contribution in [2.24, 2.45) is 5.92 Å². The van der Waals surface area contributed by atoms with Gasteiger partial charge in [0, 0.05) is 42.5 Å². The van der Waals surface area contributed by atoms with E-state index < -0.39 is 0 Å². The molecule has 1 saturated heterocycles. The molecule has 1 unspecified atom stereocenters. The molecule has 1 fully saturated rings. The zero-order valence-corrected chi connectivity index (χ0v) is 23.3. The fourth-order valence-corrected chi connectivity index (χ4v) is 6.24. The average Bonchev–Trinajstić information content (AvgIpc) is 3.22. The summed E-state index contributed by atoms with van der Waals surface area (Å²) in [5, 5.41) is 4.26. The zero-order valence-electron chi connectivity index (χ0n) is 20.1. The lowest BCUT2D eigenvalue weighted by molar-refractivity contribution is -0.118. The van der Waals surface area contributed by atoms with Crippen LogP contribution < -0.4 is 14.8 Å². The number of thioether (sulfide) groups is 1. The van der Waals surface area contributed by atoms with E-state index in [1.165, 1.54) is 28.0 Å². The van der Waals surface area contributed by atoms with Gasteiger partial charge in [0.25, 0.3) is 0 Å². The molecular formula is C25H28Cl2N4O3S2. The Bertz CT molecular complexity index is 1160. The first-order chi connectivity index (χ1) is 17.4. The van der Waals surface area contributed by atoms with Crippen LogP contribution in [-0.2, 0) is 11.3 Å². The number of thiophene rings is 1. The van der Waals surface area contributed by atoms with Crippen LogP contribution >= 0.6 is 46.3 Å². The molecule has 1 aromatic carbocycles. The summed E-state index contributed by atoms with van der Waals surface area (Å²) in [5.74, 6) is 2.00. The molecule has 1 atom stereocenters. The van der Waals surface area contributed by atoms with Crippen molar-refractivity contribution >= 4 is 52.2 Å². The third-order valence-electron chi connectivity index (χ3n) is 5.94. The first-order valence-electron chi connectivity index (χ1n) is 11.5. The van der Waals surface area contributed by atoms with Crippen molar-refractivity contribution in [1.82, 2.24) is 20.2 Å². The molecule has 3 aromatic rings. The maximum atomic E-state index is 12.4. The van der Waals surface area contributed by atoms with Crippen LogP contribution in [0, 0.1) is 5.92 Å². The fraction of sp³-hybridized carbons (Fsp3) is 0.400. The summed E-state index contributed by atoms with van der Waals surface area (Å²) in [6, 6.07) is 7.60. The summed E-state index contributed by atoms with van der Waals surface area (Å²) >= 11 is 15.0. The highest BCUT2D eigenvalue weighted by atomic mass is 35.5. The number of ether oxygens (including phenoxy) is 2. The standard InChI is InChI=1S/C25H28Cl2N4O3S2/c1-33-21-6-5-17(8-22(21)34-2)18-11-29-25(30-12-18)35-15-23(32)28-10-16-4-3-7-31(13-16)14-19-9-20(26)24(27)36-19/h5-6,8-9,11-12,16H,3-4,7,10,13-15H2,1-2H3,(H,28,32). The smallest absolute Gasteiger partial charge is 0.230 e. The van der Waals surface area contributed by atoms with Crippen molar-refractivity contribution in [3.63, 3.8) is 0 Å². The second-order valence-electron chi connectivity index (χ2n) is 8.49. The highest BCUT2D eigenvalue weighted by Gasteiger charge is 2.21. The molecule has 1 amide bonds. The molecule has 0 radical (unpaired) electrons. The van der Waals surface area contributed by atoms with Crippen LogP contribution in [0.4, 0.5) is 0 Å². The summed E-state index contributed by atoms with van der Waals surface area (Å²) in [6.07, 6.45) is 5.72. The second kappa shape index (κ2) is 13.0. The number of nitrogens with zero attached hydrogens (tertiary/aromatic N) is 3. The monoisotopic (exact) mass is 566 g/mol. The van der Waals surface area contributed by atoms with E-state index in [2.05, 4.69) is 20.2 Å². The number of likely N-dealkylation sites (tertiary alicyclic amines) is 1. The van der Waals surface area contributed by atoms with Crippen molar-refractivity contribution in [3.8, 4) is 22.6 Å². The Morgan fingerprint density at radius 3 is 2.64 bits per heavy atom. The molecule has 192 valence electrons. The summed E-state index contributed by atoms with van der Waals surface area (Å²) in [7, 11) is 3.21. The van der Waals surface area contributed by atoms with Gasteiger partial charge in [0.15, 0.2) is 16.7 Å². The van der Waals surface area contributed by atoms with Crippen LogP contribution in [-0.4, -0.2) is 60.4 Å². The Labute approximate surface area is 229 Å². The van der Waals surface area contributed by atoms with Gasteiger partial charge in [-0.3, -0.25) is 9.69 Å². The number of amides is 1. The van der Waals surface area contributed by atoms with Gasteiger partial charge in [-0.15, -0.1) is 11.3 Å². The third-order valence-corrected chi connectivity index (χ3v) is 8.67. The lowest BCUT2D eigenvalue weighted by Gasteiger charge is -2.32. The first kappa shape index (κ1) is 27.0. The average molecular weight is 568 g/mol. The third kappa shape index (κ3) is 7.26. The minimum atomic E-state index is -0.0125. The molecule has 4 rings (SSSR count). The number of benzene rings is 1. The number of nitrogens with one attached hydrogen (secondary N) is 1. The topological polar surface area (TPSA) is 76.6 Å². The molecule has 7 nitrogen and oxygen atoms in total. The minimum absolute atomic E-state index is 0.0125. The molecule has 3 heterocycles. The number of halogens is 2. The second-order valence-corrected chi connectivity index (χ2v) is 11.6. The van der Waals surface area contributed by atoms with Crippen molar-refractivity contribution in [3.05, 3.63) is 50.9 Å². The van der Waals surface area contributed by atoms with Crippen LogP contribution in [0.3, 0.4) is 0 Å². The zero-order chi connectivity index (χ0) is 25.5. The number of hydrogen-bond donors (Lipinski definition) is 1. The number of carbonyl (C=O) groups excluding carboxylic acids is 1. The minimum Gasteiger partial charge on any atom is -0.493 e. The maximum Gasteiger partial charge on any atom is 0.230 e. The normalized spacial score (nSPS) is 16.1. The summed E-state index contributed by atoms with van der Waals surface area (Å²) in [4.78, 5) is 24.8. The van der Waals surface area contributed by atoms with Crippen LogP contribution in [0.2, 0.25) is 9.36 Å². The fourth-order valence-electron chi connectivity index (χ4n) is 4.15. The molecule has 0 spiro atoms. The van der Waals surface area contributed by atoms with Gasteiger partial charge in [-0.2, -0.15) is 0 Å². The van der Waals surface area contributed by atoms with E-state index in [1.807, 2.05) is 24.3 Å². The molecule has 1 aliphatic rings. The van der Waals surface area contributed by atoms with Crippen LogP contribution in [0.25, 0.3) is 11.1 Å². The Balaban J connectivity index is 1.22. The summed E-state index contributed by atoms with van der Waals surface area (Å²) in [5.41, 5.74) is 1.78. The van der Waals surface area contributed by atoms with Gasteiger partial charge in [0.2, 0.25) is 5.91 Å². The number of carbonyl (C=O) groups is 1. The highest BCUT2D eigenvalue weighted by Crippen LogP contribution is 2.33. The Morgan fingerprint density at radius 2 is 1.94 bits per heavy atom. The molecule has 1 N–H and O–H groups in total. The predicted octanol–water partition coefficient (Wildman–Crippen LogP) is 5.65. The Morgan fingerprint density at radius 1 is 1.17 bits per heavy atom. The predicted molar refractivity (Wildman–Crippen MR) is 147 cm³/mol. The molecule has 0 aliphatic carbocycles. The van der Waals surface area contributed by atoms with E-state index in [-0.39, 0.29) is 11.7 Å². The van der Waals surface area contributed by atoms with Gasteiger partial charge in [0.1, 0.15) is 4.34 Å². The number of aromatic nitrogens is 2. The number of hydrogen-bond acceptors (Lipinski definition) is 8. The van der Waals surface area contributed by atoms with Crippen LogP contribution in [0.5, 0.6) is 11.5 Å². The quantitative estimate of drug-likeness (QED) is 0.251. The molecule has 11 heteroatoms. The van der Waals surface area contributed by atoms with E-state index >= 15 is 0 Å². The molecule has 1 aliphatic heterocycles. The molecule has 0 bridgehead atoms. The number of rotatable bonds is 10. The maximum absolute atomic E-state index is 12.4. The molecule has 2 aromatic heterocycles. The molecule has 36 heavy (non-hydrogen) atoms.